The van der Waals surface area contributed by atoms with Gasteiger partial charge in [-0.2, -0.15) is 0 Å². The van der Waals surface area contributed by atoms with Crippen LogP contribution in [0.2, 0.25) is 0 Å². The highest BCUT2D eigenvalue weighted by Gasteiger charge is 2.25. The molecule has 1 aliphatic heterocycles. The number of rotatable bonds is 5. The van der Waals surface area contributed by atoms with Crippen molar-refractivity contribution in [3.8, 4) is 0 Å². The molecule has 0 saturated heterocycles. The fraction of sp³-hybridized carbons (Fsp3) is 0.533. The number of nitrogens with one attached hydrogen (secondary N) is 1. The topological polar surface area (TPSA) is 58.4 Å². The Bertz CT molecular complexity index is 455. The predicted molar refractivity (Wildman–Crippen MR) is 79.5 cm³/mol. The van der Waals surface area contributed by atoms with E-state index in [1.165, 1.54) is 5.56 Å². The van der Waals surface area contributed by atoms with Gasteiger partial charge in [-0.05, 0) is 42.6 Å². The van der Waals surface area contributed by atoms with E-state index in [0.29, 0.717) is 18.9 Å². The molecule has 0 bridgehead atoms. The molecule has 1 unspecified atom stereocenters. The molecule has 0 saturated carbocycles. The monoisotopic (exact) mass is 261 g/mol. The largest absolute Gasteiger partial charge is 0.388 e. The molecule has 1 amide bonds. The molecule has 0 spiro atoms. The van der Waals surface area contributed by atoms with Crippen molar-refractivity contribution in [1.82, 2.24) is 0 Å². The Morgan fingerprint density at radius 2 is 2.21 bits per heavy atom. The van der Waals surface area contributed by atoms with Gasteiger partial charge in [0.05, 0.1) is 0 Å². The maximum atomic E-state index is 12.1. The van der Waals surface area contributed by atoms with Crippen molar-refractivity contribution in [3.05, 3.63) is 23.8 Å². The molecule has 0 aromatic heterocycles. The van der Waals surface area contributed by atoms with Crippen LogP contribution in [-0.4, -0.2) is 26.0 Å². The van der Waals surface area contributed by atoms with E-state index in [0.717, 1.165) is 30.8 Å². The minimum Gasteiger partial charge on any atom is -0.388 e. The molecule has 4 nitrogen and oxygen atoms in total. The summed E-state index contributed by atoms with van der Waals surface area (Å²) in [7, 11) is 1.91. The van der Waals surface area contributed by atoms with Crippen LogP contribution >= 0.6 is 0 Å². The van der Waals surface area contributed by atoms with Gasteiger partial charge < -0.3 is 16.0 Å². The number of benzene rings is 1. The lowest BCUT2D eigenvalue weighted by Gasteiger charge is -2.32. The quantitative estimate of drug-likeness (QED) is 0.852. The lowest BCUT2D eigenvalue weighted by Crippen LogP contribution is -2.40. The van der Waals surface area contributed by atoms with Crippen molar-refractivity contribution in [2.75, 3.05) is 30.4 Å². The Morgan fingerprint density at radius 1 is 1.42 bits per heavy atom. The van der Waals surface area contributed by atoms with Crippen LogP contribution < -0.4 is 16.0 Å². The molecule has 1 aromatic carbocycles. The zero-order valence-corrected chi connectivity index (χ0v) is 11.8. The van der Waals surface area contributed by atoms with Crippen molar-refractivity contribution in [3.63, 3.8) is 0 Å². The Balaban J connectivity index is 2.27. The number of hydrogen-bond acceptors (Lipinski definition) is 3. The number of amides is 1. The van der Waals surface area contributed by atoms with E-state index in [2.05, 4.69) is 18.3 Å². The molecule has 3 N–H and O–H groups in total. The summed E-state index contributed by atoms with van der Waals surface area (Å²) < 4.78 is 0. The first kappa shape index (κ1) is 13.9. The summed E-state index contributed by atoms with van der Waals surface area (Å²) in [6.07, 6.45) is 2.44. The highest BCUT2D eigenvalue weighted by molar-refractivity contribution is 5.96. The third kappa shape index (κ3) is 2.89. The normalized spacial score (nSPS) is 16.2. The molecule has 1 aromatic rings. The van der Waals surface area contributed by atoms with E-state index in [1.54, 1.807) is 0 Å². The molecule has 4 heteroatoms. The SMILES string of the molecule is CCC(CN)CN1C(=O)CCc2cc(NC)ccc21. The van der Waals surface area contributed by atoms with E-state index in [4.69, 9.17) is 5.73 Å². The standard InChI is InChI=1S/C15H23N3O/c1-3-11(9-16)10-18-14-6-5-13(17-2)8-12(14)4-7-15(18)19/h5-6,8,11,17H,3-4,7,9-10,16H2,1-2H3. The molecular weight excluding hydrogens is 238 g/mol. The molecule has 19 heavy (non-hydrogen) atoms. The van der Waals surface area contributed by atoms with Crippen molar-refractivity contribution >= 4 is 17.3 Å². The molecule has 1 atom stereocenters. The number of anilines is 2. The van der Waals surface area contributed by atoms with Crippen molar-refractivity contribution < 1.29 is 4.79 Å². The van der Waals surface area contributed by atoms with Gasteiger partial charge in [0.25, 0.3) is 0 Å². The van der Waals surface area contributed by atoms with E-state index in [-0.39, 0.29) is 5.91 Å². The average molecular weight is 261 g/mol. The van der Waals surface area contributed by atoms with Gasteiger partial charge >= 0.3 is 0 Å². The van der Waals surface area contributed by atoms with E-state index >= 15 is 0 Å². The maximum Gasteiger partial charge on any atom is 0.227 e. The number of nitrogens with zero attached hydrogens (tertiary/aromatic N) is 1. The summed E-state index contributed by atoms with van der Waals surface area (Å²) in [6.45, 7) is 3.49. The average Bonchev–Trinajstić information content (AvgIpc) is 2.46. The van der Waals surface area contributed by atoms with Crippen LogP contribution in [0.3, 0.4) is 0 Å². The van der Waals surface area contributed by atoms with Crippen LogP contribution in [0.1, 0.15) is 25.3 Å². The summed E-state index contributed by atoms with van der Waals surface area (Å²) in [6, 6.07) is 6.20. The van der Waals surface area contributed by atoms with Crippen molar-refractivity contribution in [2.24, 2.45) is 11.7 Å². The summed E-state index contributed by atoms with van der Waals surface area (Å²) in [4.78, 5) is 14.1. The summed E-state index contributed by atoms with van der Waals surface area (Å²) in [5.74, 6) is 0.593. The maximum absolute atomic E-state index is 12.1. The van der Waals surface area contributed by atoms with E-state index < -0.39 is 0 Å². The zero-order chi connectivity index (χ0) is 13.8. The second-order valence-corrected chi connectivity index (χ2v) is 5.11. The second kappa shape index (κ2) is 6.06. The van der Waals surface area contributed by atoms with Crippen LogP contribution in [0.15, 0.2) is 18.2 Å². The molecule has 2 rings (SSSR count). The second-order valence-electron chi connectivity index (χ2n) is 5.11. The van der Waals surface area contributed by atoms with Gasteiger partial charge in [-0.3, -0.25) is 4.79 Å². The molecule has 0 aliphatic carbocycles. The van der Waals surface area contributed by atoms with Crippen LogP contribution in [0.4, 0.5) is 11.4 Å². The number of aryl methyl sites for hydroxylation is 1. The zero-order valence-electron chi connectivity index (χ0n) is 11.8. The number of hydrogen-bond donors (Lipinski definition) is 2. The Hall–Kier alpha value is -1.55. The lowest BCUT2D eigenvalue weighted by atomic mass is 9.98. The first-order valence-electron chi connectivity index (χ1n) is 7.00. The summed E-state index contributed by atoms with van der Waals surface area (Å²) in [5.41, 5.74) is 9.17. The van der Waals surface area contributed by atoms with Crippen LogP contribution in [0.5, 0.6) is 0 Å². The van der Waals surface area contributed by atoms with Gasteiger partial charge in [0.2, 0.25) is 5.91 Å². The van der Waals surface area contributed by atoms with Crippen LogP contribution in [0.25, 0.3) is 0 Å². The minimum absolute atomic E-state index is 0.219. The van der Waals surface area contributed by atoms with E-state index in [9.17, 15) is 4.79 Å². The third-order valence-electron chi connectivity index (χ3n) is 3.92. The molecular formula is C15H23N3O. The predicted octanol–water partition coefficient (Wildman–Crippen LogP) is 1.99. The summed E-state index contributed by atoms with van der Waals surface area (Å²) in [5, 5.41) is 3.14. The van der Waals surface area contributed by atoms with Gasteiger partial charge in [0.15, 0.2) is 0 Å². The Morgan fingerprint density at radius 3 is 2.84 bits per heavy atom. The van der Waals surface area contributed by atoms with Crippen LogP contribution in [-0.2, 0) is 11.2 Å². The van der Waals surface area contributed by atoms with Crippen LogP contribution in [0, 0.1) is 5.92 Å². The van der Waals surface area contributed by atoms with Crippen molar-refractivity contribution in [2.45, 2.75) is 26.2 Å². The molecule has 1 aliphatic rings. The number of nitrogens with two attached hydrogens (primary N) is 1. The highest BCUT2D eigenvalue weighted by atomic mass is 16.2. The highest BCUT2D eigenvalue weighted by Crippen LogP contribution is 2.31. The van der Waals surface area contributed by atoms with Gasteiger partial charge in [-0.25, -0.2) is 0 Å². The van der Waals surface area contributed by atoms with Gasteiger partial charge in [0, 0.05) is 31.4 Å². The third-order valence-corrected chi connectivity index (χ3v) is 3.92. The van der Waals surface area contributed by atoms with E-state index in [1.807, 2.05) is 24.1 Å². The minimum atomic E-state index is 0.219. The number of carbonyl (C=O) groups excluding carboxylic acids is 1. The van der Waals surface area contributed by atoms with Gasteiger partial charge in [0.1, 0.15) is 0 Å². The molecule has 0 fully saturated rings. The Kier molecular flexibility index (Phi) is 4.43. The first-order chi connectivity index (χ1) is 9.19. The number of fused-ring (bicyclic) bond motifs is 1. The fourth-order valence-corrected chi connectivity index (χ4v) is 2.54. The molecule has 1 heterocycles. The smallest absolute Gasteiger partial charge is 0.227 e. The summed E-state index contributed by atoms with van der Waals surface area (Å²) >= 11 is 0. The lowest BCUT2D eigenvalue weighted by molar-refractivity contribution is -0.119. The molecule has 0 radical (unpaired) electrons. The van der Waals surface area contributed by atoms with Gasteiger partial charge in [-0.15, -0.1) is 0 Å². The fourth-order valence-electron chi connectivity index (χ4n) is 2.54. The first-order valence-corrected chi connectivity index (χ1v) is 7.00. The molecule has 104 valence electrons. The Labute approximate surface area is 115 Å². The van der Waals surface area contributed by atoms with Crippen molar-refractivity contribution in [1.29, 1.82) is 0 Å². The number of carbonyl (C=O) groups is 1. The van der Waals surface area contributed by atoms with Gasteiger partial charge in [-0.1, -0.05) is 13.3 Å².